The van der Waals surface area contributed by atoms with Crippen molar-refractivity contribution in [2.24, 2.45) is 0 Å². The zero-order valence-corrected chi connectivity index (χ0v) is 16.4. The van der Waals surface area contributed by atoms with E-state index in [1.54, 1.807) is 18.0 Å². The van der Waals surface area contributed by atoms with Gasteiger partial charge in [-0.05, 0) is 18.2 Å². The van der Waals surface area contributed by atoms with Crippen LogP contribution in [-0.2, 0) is 0 Å². The monoisotopic (exact) mass is 382 g/mol. The van der Waals surface area contributed by atoms with Crippen LogP contribution in [0.4, 0.5) is 0 Å². The van der Waals surface area contributed by atoms with Gasteiger partial charge in [-0.25, -0.2) is 9.50 Å². The second kappa shape index (κ2) is 6.90. The molecule has 0 amide bonds. The number of nitrogens with zero attached hydrogens (tertiary/aromatic N) is 4. The van der Waals surface area contributed by atoms with Gasteiger partial charge in [0, 0.05) is 35.0 Å². The number of ether oxygens (including phenoxy) is 1. The van der Waals surface area contributed by atoms with Gasteiger partial charge in [-0.1, -0.05) is 20.8 Å². The van der Waals surface area contributed by atoms with Crippen LogP contribution in [0.2, 0.25) is 0 Å². The Kier molecular flexibility index (Phi) is 4.57. The highest BCUT2D eigenvalue weighted by atomic mass is 32.2. The highest BCUT2D eigenvalue weighted by Crippen LogP contribution is 2.39. The number of aliphatic hydroxyl groups excluding tert-OH is 1. The molecule has 27 heavy (non-hydrogen) atoms. The number of fused-ring (bicyclic) bond motifs is 2. The molecule has 4 rings (SSSR count). The van der Waals surface area contributed by atoms with E-state index in [0.29, 0.717) is 0 Å². The third kappa shape index (κ3) is 3.65. The molecule has 0 aliphatic carbocycles. The van der Waals surface area contributed by atoms with Crippen LogP contribution in [0.5, 0.6) is 5.75 Å². The van der Waals surface area contributed by atoms with Gasteiger partial charge in [-0.2, -0.15) is 5.10 Å². The van der Waals surface area contributed by atoms with Crippen LogP contribution in [0.25, 0.3) is 22.4 Å². The maximum absolute atomic E-state index is 9.13. The first kappa shape index (κ1) is 17.9. The minimum atomic E-state index is -0.0195. The highest BCUT2D eigenvalue weighted by Gasteiger charge is 2.18. The number of hydrogen-bond donors (Lipinski definition) is 1. The lowest BCUT2D eigenvalue weighted by Crippen LogP contribution is -2.09. The van der Waals surface area contributed by atoms with E-state index in [4.69, 9.17) is 9.84 Å². The predicted molar refractivity (Wildman–Crippen MR) is 108 cm³/mol. The van der Waals surface area contributed by atoms with Crippen molar-refractivity contribution in [2.75, 3.05) is 13.2 Å². The van der Waals surface area contributed by atoms with Gasteiger partial charge in [-0.15, -0.1) is 11.8 Å². The van der Waals surface area contributed by atoms with Crippen molar-refractivity contribution in [2.45, 2.75) is 30.4 Å². The standard InChI is InChI=1S/C20H22N4O2S/c1-20(2,3)27-18-13-23-16(11-21-19(23)10-17(18)26-9-8-25)14-4-5-15-6-7-22-24(15)12-14/h4-7,10-13,25H,8-9H2,1-3H3. The van der Waals surface area contributed by atoms with Crippen molar-refractivity contribution in [3.05, 3.63) is 49.1 Å². The molecule has 0 radical (unpaired) electrons. The molecule has 4 aromatic heterocycles. The quantitative estimate of drug-likeness (QED) is 0.530. The molecule has 0 aliphatic rings. The third-order valence-electron chi connectivity index (χ3n) is 4.03. The molecule has 4 heterocycles. The second-order valence-electron chi connectivity index (χ2n) is 7.28. The van der Waals surface area contributed by atoms with Crippen LogP contribution in [-0.4, -0.2) is 42.1 Å². The molecule has 0 aromatic carbocycles. The minimum absolute atomic E-state index is 0.0195. The average molecular weight is 382 g/mol. The summed E-state index contributed by atoms with van der Waals surface area (Å²) in [5.74, 6) is 0.746. The van der Waals surface area contributed by atoms with Crippen LogP contribution in [0.3, 0.4) is 0 Å². The molecule has 7 heteroatoms. The van der Waals surface area contributed by atoms with Crippen LogP contribution in [0.15, 0.2) is 53.9 Å². The smallest absolute Gasteiger partial charge is 0.140 e. The molecule has 0 fully saturated rings. The van der Waals surface area contributed by atoms with E-state index in [-0.39, 0.29) is 18.0 Å². The summed E-state index contributed by atoms with van der Waals surface area (Å²) in [5.41, 5.74) is 3.88. The Bertz CT molecular complexity index is 1090. The van der Waals surface area contributed by atoms with Crippen molar-refractivity contribution >= 4 is 22.9 Å². The molecule has 0 aliphatic heterocycles. The number of aliphatic hydroxyl groups is 1. The zero-order valence-electron chi connectivity index (χ0n) is 15.6. The predicted octanol–water partition coefficient (Wildman–Crippen LogP) is 3.91. The van der Waals surface area contributed by atoms with Gasteiger partial charge in [-0.3, -0.25) is 4.40 Å². The Hall–Kier alpha value is -2.51. The highest BCUT2D eigenvalue weighted by molar-refractivity contribution is 8.00. The van der Waals surface area contributed by atoms with Gasteiger partial charge in [0.25, 0.3) is 0 Å². The second-order valence-corrected chi connectivity index (χ2v) is 9.15. The Balaban J connectivity index is 1.83. The molecule has 0 spiro atoms. The first-order chi connectivity index (χ1) is 12.9. The fraction of sp³-hybridized carbons (Fsp3) is 0.300. The molecule has 6 nitrogen and oxygen atoms in total. The number of imidazole rings is 1. The molecule has 1 N–H and O–H groups in total. The fourth-order valence-corrected chi connectivity index (χ4v) is 3.98. The third-order valence-corrected chi connectivity index (χ3v) is 5.17. The Labute approximate surface area is 161 Å². The molecular weight excluding hydrogens is 360 g/mol. The molecule has 0 bridgehead atoms. The molecule has 0 unspecified atom stereocenters. The summed E-state index contributed by atoms with van der Waals surface area (Å²) in [5, 5.41) is 13.4. The summed E-state index contributed by atoms with van der Waals surface area (Å²) in [4.78, 5) is 5.57. The lowest BCUT2D eigenvalue weighted by Gasteiger charge is -2.20. The first-order valence-corrected chi connectivity index (χ1v) is 9.64. The van der Waals surface area contributed by atoms with E-state index < -0.39 is 0 Å². The maximum atomic E-state index is 9.13. The maximum Gasteiger partial charge on any atom is 0.140 e. The summed E-state index contributed by atoms with van der Waals surface area (Å²) in [7, 11) is 0. The number of aromatic nitrogens is 4. The minimum Gasteiger partial charge on any atom is -0.490 e. The van der Waals surface area contributed by atoms with Crippen molar-refractivity contribution in [3.8, 4) is 17.0 Å². The summed E-state index contributed by atoms with van der Waals surface area (Å²) < 4.78 is 9.73. The van der Waals surface area contributed by atoms with Crippen molar-refractivity contribution in [3.63, 3.8) is 0 Å². The van der Waals surface area contributed by atoms with Crippen LogP contribution >= 0.6 is 11.8 Å². The largest absolute Gasteiger partial charge is 0.490 e. The lowest BCUT2D eigenvalue weighted by atomic mass is 10.2. The van der Waals surface area contributed by atoms with Gasteiger partial charge >= 0.3 is 0 Å². The van der Waals surface area contributed by atoms with Crippen molar-refractivity contribution in [1.29, 1.82) is 0 Å². The Morgan fingerprint density at radius 1 is 1.19 bits per heavy atom. The van der Waals surface area contributed by atoms with Crippen LogP contribution in [0, 0.1) is 0 Å². The van der Waals surface area contributed by atoms with E-state index in [9.17, 15) is 0 Å². The molecular formula is C20H22N4O2S. The van der Waals surface area contributed by atoms with Crippen LogP contribution < -0.4 is 4.74 Å². The average Bonchev–Trinajstić information content (AvgIpc) is 3.23. The summed E-state index contributed by atoms with van der Waals surface area (Å²) in [6.07, 6.45) is 7.72. The topological polar surface area (TPSA) is 64.1 Å². The molecule has 0 saturated carbocycles. The number of hydrogen-bond acceptors (Lipinski definition) is 5. The van der Waals surface area contributed by atoms with E-state index >= 15 is 0 Å². The van der Waals surface area contributed by atoms with E-state index in [1.165, 1.54) is 0 Å². The van der Waals surface area contributed by atoms with E-state index in [1.807, 2.05) is 35.1 Å². The van der Waals surface area contributed by atoms with Crippen molar-refractivity contribution < 1.29 is 9.84 Å². The number of rotatable bonds is 5. The van der Waals surface area contributed by atoms with Gasteiger partial charge < -0.3 is 9.84 Å². The van der Waals surface area contributed by atoms with Crippen molar-refractivity contribution in [1.82, 2.24) is 19.0 Å². The van der Waals surface area contributed by atoms with E-state index in [0.717, 1.165) is 33.1 Å². The zero-order chi connectivity index (χ0) is 19.0. The summed E-state index contributed by atoms with van der Waals surface area (Å²) in [6, 6.07) is 8.03. The van der Waals surface area contributed by atoms with Gasteiger partial charge in [0.2, 0.25) is 0 Å². The summed E-state index contributed by atoms with van der Waals surface area (Å²) in [6.45, 7) is 6.74. The van der Waals surface area contributed by atoms with Gasteiger partial charge in [0.05, 0.1) is 28.9 Å². The van der Waals surface area contributed by atoms with Crippen LogP contribution in [0.1, 0.15) is 20.8 Å². The molecule has 4 aromatic rings. The van der Waals surface area contributed by atoms with Gasteiger partial charge in [0.15, 0.2) is 0 Å². The Morgan fingerprint density at radius 2 is 2.04 bits per heavy atom. The SMILES string of the molecule is CC(C)(C)Sc1cn2c(-c3ccc4ccnn4c3)cnc2cc1OCCO. The normalized spacial score (nSPS) is 12.1. The Morgan fingerprint density at radius 3 is 2.81 bits per heavy atom. The first-order valence-electron chi connectivity index (χ1n) is 8.82. The fourth-order valence-electron chi connectivity index (χ4n) is 2.94. The summed E-state index contributed by atoms with van der Waals surface area (Å²) >= 11 is 1.73. The van der Waals surface area contributed by atoms with Gasteiger partial charge in [0.1, 0.15) is 18.0 Å². The molecule has 140 valence electrons. The lowest BCUT2D eigenvalue weighted by molar-refractivity contribution is 0.198. The van der Waals surface area contributed by atoms with E-state index in [2.05, 4.69) is 47.5 Å². The number of thioether (sulfide) groups is 1. The number of pyridine rings is 2. The molecule has 0 atom stereocenters. The molecule has 0 saturated heterocycles.